The molecule has 2 fully saturated rings. The summed E-state index contributed by atoms with van der Waals surface area (Å²) >= 11 is 0. The first-order chi connectivity index (χ1) is 10.3. The number of nitrogens with zero attached hydrogens (tertiary/aromatic N) is 3. The molecule has 1 saturated carbocycles. The molecule has 2 aliphatic rings. The largest absolute Gasteiger partial charge is 0.497 e. The molecule has 2 aromatic heterocycles. The number of aromatic nitrogens is 3. The highest BCUT2D eigenvalue weighted by atomic mass is 16.7. The Morgan fingerprint density at radius 1 is 1.18 bits per heavy atom. The van der Waals surface area contributed by atoms with E-state index in [4.69, 9.17) is 15.0 Å². The first kappa shape index (κ1) is 14.0. The topological polar surface area (TPSA) is 75.2 Å². The lowest BCUT2D eigenvalue weighted by molar-refractivity contribution is 0.00578. The van der Waals surface area contributed by atoms with Crippen LogP contribution in [0.1, 0.15) is 46.6 Å². The van der Waals surface area contributed by atoms with E-state index in [0.717, 1.165) is 16.5 Å². The molecular weight excluding hydrogens is 279 g/mol. The van der Waals surface area contributed by atoms with Gasteiger partial charge in [-0.05, 0) is 40.5 Å². The summed E-state index contributed by atoms with van der Waals surface area (Å²) < 4.78 is 14.5. The van der Waals surface area contributed by atoms with Gasteiger partial charge < -0.3 is 19.6 Å². The van der Waals surface area contributed by atoms with E-state index >= 15 is 0 Å². The third kappa shape index (κ3) is 1.88. The lowest BCUT2D eigenvalue weighted by atomic mass is 9.79. The van der Waals surface area contributed by atoms with Crippen LogP contribution in [0.15, 0.2) is 12.5 Å². The summed E-state index contributed by atoms with van der Waals surface area (Å²) in [5, 5.41) is 0.855. The fourth-order valence-corrected chi connectivity index (χ4v) is 2.92. The van der Waals surface area contributed by atoms with Crippen LogP contribution in [-0.4, -0.2) is 32.9 Å². The normalized spacial score (nSPS) is 23.4. The zero-order chi connectivity index (χ0) is 15.7. The molecule has 0 amide bonds. The summed E-state index contributed by atoms with van der Waals surface area (Å²) in [4.78, 5) is 8.58. The van der Waals surface area contributed by atoms with Gasteiger partial charge in [0.05, 0.1) is 16.6 Å². The molecule has 2 N–H and O–H groups in total. The Morgan fingerprint density at radius 2 is 1.82 bits per heavy atom. The third-order valence-electron chi connectivity index (χ3n) is 5.12. The average Bonchev–Trinajstić information content (AvgIpc) is 3.13. The van der Waals surface area contributed by atoms with Crippen molar-refractivity contribution in [1.82, 2.24) is 14.5 Å². The Kier molecular flexibility index (Phi) is 2.70. The van der Waals surface area contributed by atoms with Crippen molar-refractivity contribution in [2.24, 2.45) is 0 Å². The smallest absolute Gasteiger partial charge is 0.399 e. The predicted molar refractivity (Wildman–Crippen MR) is 85.9 cm³/mol. The van der Waals surface area contributed by atoms with Crippen LogP contribution in [0.4, 0.5) is 5.82 Å². The number of rotatable bonds is 2. The lowest BCUT2D eigenvalue weighted by Crippen LogP contribution is -2.41. The van der Waals surface area contributed by atoms with E-state index in [1.165, 1.54) is 19.2 Å². The molecule has 0 aromatic carbocycles. The minimum absolute atomic E-state index is 0.379. The molecule has 22 heavy (non-hydrogen) atoms. The van der Waals surface area contributed by atoms with Crippen LogP contribution in [0.2, 0.25) is 0 Å². The van der Waals surface area contributed by atoms with Gasteiger partial charge in [0.1, 0.15) is 17.8 Å². The van der Waals surface area contributed by atoms with Crippen molar-refractivity contribution >= 4 is 29.4 Å². The maximum atomic E-state index is 6.18. The van der Waals surface area contributed by atoms with Crippen LogP contribution >= 0.6 is 0 Å². The van der Waals surface area contributed by atoms with Gasteiger partial charge in [0, 0.05) is 17.7 Å². The van der Waals surface area contributed by atoms with Crippen molar-refractivity contribution in [1.29, 1.82) is 0 Å². The number of hydrogen-bond donors (Lipinski definition) is 1. The molecule has 7 heteroatoms. The van der Waals surface area contributed by atoms with Crippen molar-refractivity contribution in [2.45, 2.75) is 57.8 Å². The fourth-order valence-electron chi connectivity index (χ4n) is 2.92. The summed E-state index contributed by atoms with van der Waals surface area (Å²) in [6, 6.07) is 0.507. The molecular formula is C15H21BN4O2. The van der Waals surface area contributed by atoms with Crippen molar-refractivity contribution in [2.75, 3.05) is 5.73 Å². The molecule has 6 nitrogen and oxygen atoms in total. The number of nitrogen functional groups attached to an aromatic ring is 1. The number of fused-ring (bicyclic) bond motifs is 1. The minimum Gasteiger partial charge on any atom is -0.399 e. The maximum absolute atomic E-state index is 6.18. The summed E-state index contributed by atoms with van der Waals surface area (Å²) in [7, 11) is -0.444. The van der Waals surface area contributed by atoms with Gasteiger partial charge in [0.15, 0.2) is 0 Å². The van der Waals surface area contributed by atoms with Crippen molar-refractivity contribution in [3.8, 4) is 0 Å². The average molecular weight is 300 g/mol. The molecule has 0 atom stereocenters. The maximum Gasteiger partial charge on any atom is 0.497 e. The van der Waals surface area contributed by atoms with E-state index in [1.807, 2.05) is 27.7 Å². The van der Waals surface area contributed by atoms with Gasteiger partial charge in [-0.2, -0.15) is 0 Å². The molecule has 2 aromatic rings. The fraction of sp³-hybridized carbons (Fsp3) is 0.600. The Bertz CT molecular complexity index is 735. The highest BCUT2D eigenvalue weighted by Crippen LogP contribution is 2.40. The highest BCUT2D eigenvalue weighted by molar-refractivity contribution is 6.65. The molecule has 3 heterocycles. The zero-order valence-electron chi connectivity index (χ0n) is 13.5. The van der Waals surface area contributed by atoms with E-state index in [0.29, 0.717) is 11.9 Å². The highest BCUT2D eigenvalue weighted by Gasteiger charge is 2.52. The lowest BCUT2D eigenvalue weighted by Gasteiger charge is -2.32. The third-order valence-corrected chi connectivity index (χ3v) is 5.12. The monoisotopic (exact) mass is 300 g/mol. The summed E-state index contributed by atoms with van der Waals surface area (Å²) in [6.07, 6.45) is 5.95. The standard InChI is InChI=1S/C15H21BN4O2/c1-14(2)15(3,4)22-16(21-14)10-7-20(9-5-6-9)13-11(10)12(17)18-8-19-13/h7-9H,5-6H2,1-4H3,(H2,17,18,19). The van der Waals surface area contributed by atoms with Crippen LogP contribution in [0, 0.1) is 0 Å². The molecule has 1 saturated heterocycles. The molecule has 4 rings (SSSR count). The van der Waals surface area contributed by atoms with Gasteiger partial charge in [-0.25, -0.2) is 9.97 Å². The Labute approximate surface area is 130 Å². The minimum atomic E-state index is -0.444. The second-order valence-electron chi connectivity index (χ2n) is 7.27. The number of anilines is 1. The molecule has 1 aliphatic carbocycles. The molecule has 116 valence electrons. The Hall–Kier alpha value is -1.60. The molecule has 0 bridgehead atoms. The van der Waals surface area contributed by atoms with E-state index < -0.39 is 7.12 Å². The first-order valence-electron chi connectivity index (χ1n) is 7.77. The Balaban J connectivity index is 1.86. The molecule has 1 aliphatic heterocycles. The molecule has 0 spiro atoms. The first-order valence-corrected chi connectivity index (χ1v) is 7.77. The van der Waals surface area contributed by atoms with E-state index in [-0.39, 0.29) is 11.2 Å². The van der Waals surface area contributed by atoms with E-state index in [9.17, 15) is 0 Å². The van der Waals surface area contributed by atoms with Crippen molar-refractivity contribution in [3.05, 3.63) is 12.5 Å². The summed E-state index contributed by atoms with van der Waals surface area (Å²) in [6.45, 7) is 8.19. The van der Waals surface area contributed by atoms with Crippen LogP contribution in [0.3, 0.4) is 0 Å². The summed E-state index contributed by atoms with van der Waals surface area (Å²) in [5.41, 5.74) is 7.16. The van der Waals surface area contributed by atoms with Gasteiger partial charge in [-0.1, -0.05) is 0 Å². The Morgan fingerprint density at radius 3 is 2.41 bits per heavy atom. The van der Waals surface area contributed by atoms with Crippen molar-refractivity contribution < 1.29 is 9.31 Å². The van der Waals surface area contributed by atoms with Crippen molar-refractivity contribution in [3.63, 3.8) is 0 Å². The quantitative estimate of drug-likeness (QED) is 0.853. The van der Waals surface area contributed by atoms with Gasteiger partial charge in [0.25, 0.3) is 0 Å². The van der Waals surface area contributed by atoms with E-state index in [1.54, 1.807) is 0 Å². The van der Waals surface area contributed by atoms with Gasteiger partial charge in [-0.3, -0.25) is 0 Å². The molecule has 0 radical (unpaired) electrons. The second-order valence-corrected chi connectivity index (χ2v) is 7.27. The number of hydrogen-bond acceptors (Lipinski definition) is 5. The van der Waals surface area contributed by atoms with Crippen LogP contribution < -0.4 is 11.2 Å². The van der Waals surface area contributed by atoms with E-state index in [2.05, 4.69) is 20.7 Å². The zero-order valence-corrected chi connectivity index (χ0v) is 13.5. The molecule has 0 unspecified atom stereocenters. The van der Waals surface area contributed by atoms with Gasteiger partial charge in [-0.15, -0.1) is 0 Å². The van der Waals surface area contributed by atoms with Crippen LogP contribution in [-0.2, 0) is 9.31 Å². The summed E-state index contributed by atoms with van der Waals surface area (Å²) in [5.74, 6) is 0.481. The SMILES string of the molecule is CC1(C)OB(c2cn(C3CC3)c3ncnc(N)c23)OC1(C)C. The van der Waals surface area contributed by atoms with Gasteiger partial charge >= 0.3 is 7.12 Å². The number of nitrogens with two attached hydrogens (primary N) is 1. The van der Waals surface area contributed by atoms with Crippen LogP contribution in [0.25, 0.3) is 11.0 Å². The van der Waals surface area contributed by atoms with Gasteiger partial charge in [0.2, 0.25) is 0 Å². The van der Waals surface area contributed by atoms with Crippen LogP contribution in [0.5, 0.6) is 0 Å². The predicted octanol–water partition coefficient (Wildman–Crippen LogP) is 1.65. The second kappa shape index (κ2) is 4.23.